The van der Waals surface area contributed by atoms with E-state index in [4.69, 9.17) is 9.47 Å². The van der Waals surface area contributed by atoms with Gasteiger partial charge in [-0.1, -0.05) is 50.6 Å². The Labute approximate surface area is 243 Å². The minimum atomic E-state index is -4.13. The molecular formula is C31H39N3O6S. The Hall–Kier alpha value is -4.05. The van der Waals surface area contributed by atoms with Gasteiger partial charge in [-0.25, -0.2) is 8.42 Å². The second-order valence-corrected chi connectivity index (χ2v) is 11.3. The summed E-state index contributed by atoms with van der Waals surface area (Å²) in [6.07, 6.45) is 2.09. The number of ether oxygens (including phenoxy) is 2. The van der Waals surface area contributed by atoms with Crippen LogP contribution in [0.25, 0.3) is 0 Å². The number of hydrogen-bond donors (Lipinski definition) is 1. The molecule has 0 spiro atoms. The molecule has 1 atom stereocenters. The molecule has 0 heterocycles. The maximum absolute atomic E-state index is 14.1. The molecule has 0 saturated carbocycles. The second kappa shape index (κ2) is 15.1. The van der Waals surface area contributed by atoms with Crippen LogP contribution in [0.2, 0.25) is 0 Å². The molecular weight excluding hydrogens is 542 g/mol. The van der Waals surface area contributed by atoms with Crippen LogP contribution in [-0.4, -0.2) is 58.5 Å². The molecule has 2 amide bonds. The fourth-order valence-corrected chi connectivity index (χ4v) is 5.79. The summed E-state index contributed by atoms with van der Waals surface area (Å²) < 4.78 is 39.3. The van der Waals surface area contributed by atoms with Crippen LogP contribution < -0.4 is 19.1 Å². The van der Waals surface area contributed by atoms with E-state index in [2.05, 4.69) is 5.32 Å². The largest absolute Gasteiger partial charge is 0.497 e. The zero-order chi connectivity index (χ0) is 29.8. The molecule has 10 heteroatoms. The van der Waals surface area contributed by atoms with E-state index in [1.54, 1.807) is 61.7 Å². The number of carbonyl (C=O) groups is 2. The maximum Gasteiger partial charge on any atom is 0.264 e. The van der Waals surface area contributed by atoms with Gasteiger partial charge in [0.1, 0.15) is 24.1 Å². The van der Waals surface area contributed by atoms with E-state index in [1.165, 1.54) is 24.1 Å². The van der Waals surface area contributed by atoms with Gasteiger partial charge in [0, 0.05) is 13.1 Å². The number of sulfonamides is 1. The first-order chi connectivity index (χ1) is 19.7. The zero-order valence-corrected chi connectivity index (χ0v) is 24.9. The summed E-state index contributed by atoms with van der Waals surface area (Å²) in [6.45, 7) is 3.98. The minimum Gasteiger partial charge on any atom is -0.497 e. The molecule has 0 radical (unpaired) electrons. The van der Waals surface area contributed by atoms with Crippen LogP contribution in [0, 0.1) is 0 Å². The van der Waals surface area contributed by atoms with Crippen molar-refractivity contribution >= 4 is 27.5 Å². The molecule has 1 N–H and O–H groups in total. The molecule has 9 nitrogen and oxygen atoms in total. The van der Waals surface area contributed by atoms with Crippen molar-refractivity contribution in [3.05, 3.63) is 84.4 Å². The van der Waals surface area contributed by atoms with Gasteiger partial charge in [0.25, 0.3) is 10.0 Å². The first kappa shape index (κ1) is 31.5. The number of methoxy groups -OCH3 is 2. The Bertz CT molecular complexity index is 1360. The predicted octanol–water partition coefficient (Wildman–Crippen LogP) is 4.62. The number of unbranched alkanes of at least 4 members (excludes halogenated alkanes) is 1. The minimum absolute atomic E-state index is 0.0506. The smallest absolute Gasteiger partial charge is 0.264 e. The summed E-state index contributed by atoms with van der Waals surface area (Å²) >= 11 is 0. The molecule has 0 bridgehead atoms. The van der Waals surface area contributed by atoms with Gasteiger partial charge in [-0.05, 0) is 66.9 Å². The molecule has 0 saturated heterocycles. The highest BCUT2D eigenvalue weighted by atomic mass is 32.2. The average molecular weight is 582 g/mol. The number of nitrogens with one attached hydrogen (secondary N) is 1. The van der Waals surface area contributed by atoms with Crippen molar-refractivity contribution in [3.8, 4) is 11.5 Å². The predicted molar refractivity (Wildman–Crippen MR) is 160 cm³/mol. The molecule has 0 aliphatic carbocycles. The van der Waals surface area contributed by atoms with Crippen LogP contribution in [0.5, 0.6) is 11.5 Å². The van der Waals surface area contributed by atoms with Gasteiger partial charge in [-0.15, -0.1) is 0 Å². The molecule has 3 rings (SSSR count). The van der Waals surface area contributed by atoms with Gasteiger partial charge in [-0.2, -0.15) is 0 Å². The van der Waals surface area contributed by atoms with Crippen LogP contribution in [0.1, 0.15) is 38.7 Å². The lowest BCUT2D eigenvalue weighted by Crippen LogP contribution is -2.52. The Morgan fingerprint density at radius 3 is 1.98 bits per heavy atom. The highest BCUT2D eigenvalue weighted by molar-refractivity contribution is 7.92. The quantitative estimate of drug-likeness (QED) is 0.263. The highest BCUT2D eigenvalue weighted by Gasteiger charge is 2.33. The lowest BCUT2D eigenvalue weighted by molar-refractivity contribution is -0.140. The van der Waals surface area contributed by atoms with E-state index < -0.39 is 28.5 Å². The van der Waals surface area contributed by atoms with Crippen molar-refractivity contribution in [2.24, 2.45) is 0 Å². The molecule has 0 fully saturated rings. The fourth-order valence-electron chi connectivity index (χ4n) is 4.35. The summed E-state index contributed by atoms with van der Waals surface area (Å²) in [7, 11) is -1.04. The SMILES string of the molecule is CCCCNC(=O)[C@H](CC)N(Cc1ccc(OC)cc1)C(=O)CN(c1ccc(OC)cc1)S(=O)(=O)c1ccccc1. The third kappa shape index (κ3) is 8.23. The number of anilines is 1. The number of nitrogens with zero attached hydrogens (tertiary/aromatic N) is 2. The standard InChI is InChI=1S/C31H39N3O6S/c1-5-7-21-32-31(36)29(6-2)33(22-24-13-17-26(39-3)18-14-24)30(35)23-34(25-15-19-27(40-4)20-16-25)41(37,38)28-11-9-8-10-12-28/h8-20,29H,5-7,21-23H2,1-4H3,(H,32,36)/t29-/m0/s1. The number of rotatable bonds is 15. The Morgan fingerprint density at radius 1 is 0.854 bits per heavy atom. The highest BCUT2D eigenvalue weighted by Crippen LogP contribution is 2.27. The summed E-state index contributed by atoms with van der Waals surface area (Å²) in [5.41, 5.74) is 1.08. The van der Waals surface area contributed by atoms with E-state index >= 15 is 0 Å². The third-order valence-electron chi connectivity index (χ3n) is 6.70. The normalized spacial score (nSPS) is 11.8. The summed E-state index contributed by atoms with van der Waals surface area (Å²) in [4.78, 5) is 28.8. The van der Waals surface area contributed by atoms with Gasteiger partial charge in [0.2, 0.25) is 11.8 Å². The molecule has 0 unspecified atom stereocenters. The number of benzene rings is 3. The molecule has 0 aliphatic heterocycles. The molecule has 0 aliphatic rings. The van der Waals surface area contributed by atoms with E-state index in [1.807, 2.05) is 26.0 Å². The van der Waals surface area contributed by atoms with Crippen LogP contribution in [0.3, 0.4) is 0 Å². The monoisotopic (exact) mass is 581 g/mol. The molecule has 41 heavy (non-hydrogen) atoms. The first-order valence-corrected chi connectivity index (χ1v) is 15.1. The van der Waals surface area contributed by atoms with Gasteiger partial charge in [0.05, 0.1) is 24.8 Å². The van der Waals surface area contributed by atoms with Gasteiger partial charge in [-0.3, -0.25) is 13.9 Å². The van der Waals surface area contributed by atoms with Crippen molar-refractivity contribution in [2.75, 3.05) is 31.6 Å². The van der Waals surface area contributed by atoms with Crippen LogP contribution in [0.15, 0.2) is 83.8 Å². The summed E-state index contributed by atoms with van der Waals surface area (Å²) in [6, 6.07) is 20.8. The maximum atomic E-state index is 14.1. The fraction of sp³-hybridized carbons (Fsp3) is 0.355. The van der Waals surface area contributed by atoms with Crippen LogP contribution >= 0.6 is 0 Å². The first-order valence-electron chi connectivity index (χ1n) is 13.7. The molecule has 220 valence electrons. The lowest BCUT2D eigenvalue weighted by Gasteiger charge is -2.33. The van der Waals surface area contributed by atoms with E-state index in [-0.39, 0.29) is 17.3 Å². The number of amides is 2. The zero-order valence-electron chi connectivity index (χ0n) is 24.1. The second-order valence-electron chi connectivity index (χ2n) is 9.46. The number of carbonyl (C=O) groups excluding carboxylic acids is 2. The van der Waals surface area contributed by atoms with E-state index in [0.29, 0.717) is 30.2 Å². The van der Waals surface area contributed by atoms with E-state index in [0.717, 1.165) is 22.7 Å². The van der Waals surface area contributed by atoms with Crippen molar-refractivity contribution in [3.63, 3.8) is 0 Å². The van der Waals surface area contributed by atoms with Gasteiger partial charge in [0.15, 0.2) is 0 Å². The van der Waals surface area contributed by atoms with Gasteiger partial charge >= 0.3 is 0 Å². The molecule has 3 aromatic rings. The Balaban J connectivity index is 2.02. The van der Waals surface area contributed by atoms with E-state index in [9.17, 15) is 18.0 Å². The Morgan fingerprint density at radius 2 is 1.44 bits per heavy atom. The van der Waals surface area contributed by atoms with Crippen LogP contribution in [0.4, 0.5) is 5.69 Å². The Kier molecular flexibility index (Phi) is 11.6. The lowest BCUT2D eigenvalue weighted by atomic mass is 10.1. The number of hydrogen-bond acceptors (Lipinski definition) is 6. The third-order valence-corrected chi connectivity index (χ3v) is 8.49. The van der Waals surface area contributed by atoms with Crippen LogP contribution in [-0.2, 0) is 26.2 Å². The summed E-state index contributed by atoms with van der Waals surface area (Å²) in [5.74, 6) is 0.432. The molecule has 0 aromatic heterocycles. The average Bonchev–Trinajstić information content (AvgIpc) is 3.00. The van der Waals surface area contributed by atoms with Gasteiger partial charge < -0.3 is 19.7 Å². The van der Waals surface area contributed by atoms with Crippen molar-refractivity contribution in [2.45, 2.75) is 50.6 Å². The molecule has 3 aromatic carbocycles. The summed E-state index contributed by atoms with van der Waals surface area (Å²) in [5, 5.41) is 2.93. The van der Waals surface area contributed by atoms with Crippen molar-refractivity contribution < 1.29 is 27.5 Å². The topological polar surface area (TPSA) is 105 Å². The van der Waals surface area contributed by atoms with Crippen molar-refractivity contribution in [1.82, 2.24) is 10.2 Å². The van der Waals surface area contributed by atoms with Crippen molar-refractivity contribution in [1.29, 1.82) is 0 Å².